The van der Waals surface area contributed by atoms with E-state index < -0.39 is 4.92 Å². The van der Waals surface area contributed by atoms with E-state index >= 15 is 0 Å². The van der Waals surface area contributed by atoms with Crippen LogP contribution in [-0.2, 0) is 0 Å². The van der Waals surface area contributed by atoms with Crippen LogP contribution >= 0.6 is 23.8 Å². The van der Waals surface area contributed by atoms with Gasteiger partial charge >= 0.3 is 0 Å². The van der Waals surface area contributed by atoms with Gasteiger partial charge in [0, 0.05) is 40.0 Å². The Labute approximate surface area is 177 Å². The Morgan fingerprint density at radius 3 is 2.41 bits per heavy atom. The lowest BCUT2D eigenvalue weighted by atomic mass is 10.1. The van der Waals surface area contributed by atoms with Gasteiger partial charge in [0.2, 0.25) is 0 Å². The predicted molar refractivity (Wildman–Crippen MR) is 118 cm³/mol. The third-order valence-corrected chi connectivity index (χ3v) is 4.74. The molecule has 0 fully saturated rings. The molecule has 1 aromatic heterocycles. The summed E-state index contributed by atoms with van der Waals surface area (Å²) in [5.74, 6) is -0.184. The van der Waals surface area contributed by atoms with Crippen molar-refractivity contribution in [1.29, 1.82) is 0 Å². The molecule has 0 aliphatic rings. The summed E-state index contributed by atoms with van der Waals surface area (Å²) < 4.78 is 1.65. The van der Waals surface area contributed by atoms with E-state index in [-0.39, 0.29) is 27.7 Å². The standard InChI is InChI=1S/C21H16ClN3O3S/c1-14-5-6-15(13-18(14)25(27)28)20(26)19(24-11-3-2-4-12-24)21(29)23-17-9-7-16(22)8-10-17/h2-13H,1H3,(H-,23,26,29)/p+1. The molecule has 146 valence electrons. The molecule has 0 unspecified atom stereocenters. The Balaban J connectivity index is 2.10. The van der Waals surface area contributed by atoms with Crippen LogP contribution in [0.5, 0.6) is 0 Å². The highest BCUT2D eigenvalue weighted by Crippen LogP contribution is 2.25. The number of nitrogens with zero attached hydrogens (tertiary/aromatic N) is 2. The number of nitro groups is 1. The van der Waals surface area contributed by atoms with Crippen molar-refractivity contribution in [2.75, 3.05) is 5.32 Å². The van der Waals surface area contributed by atoms with E-state index in [0.29, 0.717) is 16.3 Å². The molecule has 2 N–H and O–H groups in total. The van der Waals surface area contributed by atoms with Gasteiger partial charge < -0.3 is 10.4 Å². The number of hydrogen-bond donors (Lipinski definition) is 2. The first-order valence-electron chi connectivity index (χ1n) is 8.59. The van der Waals surface area contributed by atoms with Crippen LogP contribution in [0.15, 0.2) is 73.1 Å². The molecule has 0 atom stereocenters. The molecule has 0 radical (unpaired) electrons. The van der Waals surface area contributed by atoms with Crippen LogP contribution in [0, 0.1) is 17.0 Å². The largest absolute Gasteiger partial charge is 0.502 e. The van der Waals surface area contributed by atoms with E-state index in [1.54, 1.807) is 72.4 Å². The van der Waals surface area contributed by atoms with Crippen LogP contribution in [0.3, 0.4) is 0 Å². The normalized spacial score (nSPS) is 11.5. The van der Waals surface area contributed by atoms with Crippen LogP contribution in [-0.4, -0.2) is 15.0 Å². The van der Waals surface area contributed by atoms with E-state index in [9.17, 15) is 15.2 Å². The number of anilines is 1. The van der Waals surface area contributed by atoms with Crippen LogP contribution in [0.4, 0.5) is 11.4 Å². The number of thiocarbonyl (C=S) groups is 1. The molecule has 6 nitrogen and oxygen atoms in total. The third kappa shape index (κ3) is 4.77. The quantitative estimate of drug-likeness (QED) is 0.147. The molecular formula is C21H17ClN3O3S+. The molecule has 1 heterocycles. The lowest BCUT2D eigenvalue weighted by Crippen LogP contribution is -2.38. The molecule has 0 saturated carbocycles. The lowest BCUT2D eigenvalue weighted by molar-refractivity contribution is -0.575. The highest BCUT2D eigenvalue weighted by molar-refractivity contribution is 7.81. The molecular weight excluding hydrogens is 410 g/mol. The summed E-state index contributed by atoms with van der Waals surface area (Å²) in [7, 11) is 0. The highest BCUT2D eigenvalue weighted by atomic mass is 35.5. The second-order valence-electron chi connectivity index (χ2n) is 6.20. The van der Waals surface area contributed by atoms with E-state index in [1.165, 1.54) is 6.07 Å². The van der Waals surface area contributed by atoms with Crippen LogP contribution < -0.4 is 9.88 Å². The number of aliphatic hydroxyl groups is 1. The van der Waals surface area contributed by atoms with E-state index in [0.717, 1.165) is 0 Å². The minimum atomic E-state index is -0.480. The maximum Gasteiger partial charge on any atom is 0.288 e. The number of aryl methyl sites for hydroxylation is 1. The van der Waals surface area contributed by atoms with Crippen molar-refractivity contribution in [3.05, 3.63) is 99.3 Å². The van der Waals surface area contributed by atoms with Crippen molar-refractivity contribution in [1.82, 2.24) is 0 Å². The first kappa shape index (κ1) is 20.4. The molecule has 2 aromatic carbocycles. The van der Waals surface area contributed by atoms with E-state index in [4.69, 9.17) is 23.8 Å². The van der Waals surface area contributed by atoms with Crippen molar-refractivity contribution in [2.45, 2.75) is 6.92 Å². The summed E-state index contributed by atoms with van der Waals surface area (Å²) in [5.41, 5.74) is 1.68. The SMILES string of the molecule is Cc1ccc(/C(O)=C(/C(=S)Nc2ccc(Cl)cc2)[n+]2ccccc2)cc1[N+](=O)[O-]. The van der Waals surface area contributed by atoms with Gasteiger partial charge in [-0.1, -0.05) is 42.0 Å². The van der Waals surface area contributed by atoms with E-state index in [2.05, 4.69) is 5.32 Å². The number of pyridine rings is 1. The van der Waals surface area contributed by atoms with Gasteiger partial charge in [0.1, 0.15) is 0 Å². The number of hydrogen-bond acceptors (Lipinski definition) is 4. The molecule has 3 rings (SSSR count). The fourth-order valence-electron chi connectivity index (χ4n) is 2.71. The van der Waals surface area contributed by atoms with Crippen molar-refractivity contribution >= 4 is 51.6 Å². The molecule has 8 heteroatoms. The summed E-state index contributed by atoms with van der Waals surface area (Å²) in [6, 6.07) is 16.9. The average molecular weight is 427 g/mol. The van der Waals surface area contributed by atoms with Gasteiger partial charge in [-0.25, -0.2) is 0 Å². The van der Waals surface area contributed by atoms with Gasteiger partial charge in [0.25, 0.3) is 11.4 Å². The minimum absolute atomic E-state index is 0.0805. The van der Waals surface area contributed by atoms with Crippen molar-refractivity contribution < 1.29 is 14.6 Å². The third-order valence-electron chi connectivity index (χ3n) is 4.19. The summed E-state index contributed by atoms with van der Waals surface area (Å²) in [4.78, 5) is 11.1. The second kappa shape index (κ2) is 8.81. The zero-order valence-electron chi connectivity index (χ0n) is 15.4. The zero-order valence-corrected chi connectivity index (χ0v) is 16.9. The van der Waals surface area contributed by atoms with Gasteiger partial charge in [-0.3, -0.25) is 10.1 Å². The van der Waals surface area contributed by atoms with Gasteiger partial charge in [0.05, 0.1) is 4.92 Å². The topological polar surface area (TPSA) is 79.3 Å². The fraction of sp³-hybridized carbons (Fsp3) is 0.0476. The summed E-state index contributed by atoms with van der Waals surface area (Å²) in [6.07, 6.45) is 3.45. The Bertz CT molecular complexity index is 1100. The van der Waals surface area contributed by atoms with Gasteiger partial charge in [-0.05, 0) is 31.2 Å². The maximum atomic E-state index is 11.3. The van der Waals surface area contributed by atoms with Gasteiger partial charge in [0.15, 0.2) is 23.1 Å². The zero-order chi connectivity index (χ0) is 21.0. The first-order chi connectivity index (χ1) is 13.9. The first-order valence-corrected chi connectivity index (χ1v) is 9.37. The molecule has 0 spiro atoms. The van der Waals surface area contributed by atoms with Crippen LogP contribution in [0.1, 0.15) is 11.1 Å². The monoisotopic (exact) mass is 426 g/mol. The van der Waals surface area contributed by atoms with Crippen molar-refractivity contribution in [2.24, 2.45) is 0 Å². The van der Waals surface area contributed by atoms with E-state index in [1.807, 2.05) is 6.07 Å². The summed E-state index contributed by atoms with van der Waals surface area (Å²) >= 11 is 11.5. The van der Waals surface area contributed by atoms with Crippen molar-refractivity contribution in [3.8, 4) is 0 Å². The number of benzene rings is 2. The molecule has 0 aliphatic carbocycles. The second-order valence-corrected chi connectivity index (χ2v) is 7.04. The van der Waals surface area contributed by atoms with Gasteiger partial charge in [-0.2, -0.15) is 4.57 Å². The number of rotatable bonds is 5. The number of nitro benzene ring substituents is 1. The molecule has 29 heavy (non-hydrogen) atoms. The Kier molecular flexibility index (Phi) is 6.21. The van der Waals surface area contributed by atoms with Crippen LogP contribution in [0.25, 0.3) is 11.5 Å². The number of aliphatic hydroxyl groups excluding tert-OH is 1. The number of halogens is 1. The number of nitrogens with one attached hydrogen (secondary N) is 1. The molecule has 3 aromatic rings. The fourth-order valence-corrected chi connectivity index (χ4v) is 3.15. The summed E-state index contributed by atoms with van der Waals surface area (Å²) in [6.45, 7) is 1.64. The average Bonchev–Trinajstić information content (AvgIpc) is 2.70. The maximum absolute atomic E-state index is 11.3. The Morgan fingerprint density at radius 1 is 1.14 bits per heavy atom. The molecule has 0 bridgehead atoms. The molecule has 0 saturated heterocycles. The lowest BCUT2D eigenvalue weighted by Gasteiger charge is -2.10. The number of aromatic nitrogens is 1. The molecule has 0 aliphatic heterocycles. The van der Waals surface area contributed by atoms with Crippen molar-refractivity contribution in [3.63, 3.8) is 0 Å². The predicted octanol–water partition coefficient (Wildman–Crippen LogP) is 5.17. The minimum Gasteiger partial charge on any atom is -0.502 e. The van der Waals surface area contributed by atoms with Crippen LogP contribution in [0.2, 0.25) is 5.02 Å². The Morgan fingerprint density at radius 2 is 1.79 bits per heavy atom. The van der Waals surface area contributed by atoms with Gasteiger partial charge in [-0.15, -0.1) is 0 Å². The Hall–Kier alpha value is -3.29. The summed E-state index contributed by atoms with van der Waals surface area (Å²) in [5, 5.41) is 26.0. The molecule has 0 amide bonds. The smallest absolute Gasteiger partial charge is 0.288 e. The highest BCUT2D eigenvalue weighted by Gasteiger charge is 2.25.